The van der Waals surface area contributed by atoms with E-state index in [2.05, 4.69) is 20.3 Å². The van der Waals surface area contributed by atoms with Crippen molar-refractivity contribution in [3.05, 3.63) is 99.7 Å². The Bertz CT molecular complexity index is 1010. The molecule has 0 amide bonds. The van der Waals surface area contributed by atoms with E-state index in [0.717, 1.165) is 5.56 Å². The van der Waals surface area contributed by atoms with Gasteiger partial charge in [-0.1, -0.05) is 18.2 Å². The van der Waals surface area contributed by atoms with Crippen LogP contribution in [0, 0.1) is 11.8 Å². The number of pyridine rings is 2. The summed E-state index contributed by atoms with van der Waals surface area (Å²) in [4.78, 5) is 23.2. The second-order valence-electron chi connectivity index (χ2n) is 6.38. The van der Waals surface area contributed by atoms with E-state index < -0.39 is 11.5 Å². The summed E-state index contributed by atoms with van der Waals surface area (Å²) in [6.07, 6.45) is 2.97. The van der Waals surface area contributed by atoms with Gasteiger partial charge in [0.1, 0.15) is 17.2 Å². The summed E-state index contributed by atoms with van der Waals surface area (Å²) >= 11 is 0. The van der Waals surface area contributed by atoms with Crippen molar-refractivity contribution in [1.29, 1.82) is 0 Å². The van der Waals surface area contributed by atoms with Gasteiger partial charge < -0.3 is 10.3 Å². The van der Waals surface area contributed by atoms with Crippen molar-refractivity contribution in [2.75, 3.05) is 0 Å². The predicted molar refractivity (Wildman–Crippen MR) is 97.6 cm³/mol. The van der Waals surface area contributed by atoms with Crippen LogP contribution in [0.15, 0.2) is 70.7 Å². The van der Waals surface area contributed by atoms with Crippen molar-refractivity contribution < 1.29 is 8.78 Å². The molecular formula is C20H16F2N4O. The Morgan fingerprint density at radius 1 is 1.04 bits per heavy atom. The Hall–Kier alpha value is -3.35. The first-order valence-corrected chi connectivity index (χ1v) is 8.43. The molecule has 3 heterocycles. The van der Waals surface area contributed by atoms with Gasteiger partial charge in [-0.15, -0.1) is 0 Å². The molecule has 0 saturated carbocycles. The fourth-order valence-corrected chi connectivity index (χ4v) is 3.47. The number of nitrogens with one attached hydrogen (secondary N) is 2. The topological polar surface area (TPSA) is 70.1 Å². The average molecular weight is 366 g/mol. The summed E-state index contributed by atoms with van der Waals surface area (Å²) in [5, 5.41) is 3.33. The second kappa shape index (κ2) is 6.42. The first-order valence-electron chi connectivity index (χ1n) is 8.43. The van der Waals surface area contributed by atoms with Crippen LogP contribution in [0.4, 0.5) is 8.78 Å². The van der Waals surface area contributed by atoms with Gasteiger partial charge in [-0.05, 0) is 42.8 Å². The van der Waals surface area contributed by atoms with E-state index in [4.69, 9.17) is 0 Å². The molecule has 0 fully saturated rings. The smallest absolute Gasteiger partial charge is 0.258 e. The van der Waals surface area contributed by atoms with Crippen LogP contribution in [0.25, 0.3) is 0 Å². The Labute approximate surface area is 153 Å². The van der Waals surface area contributed by atoms with Crippen molar-refractivity contribution in [2.45, 2.75) is 18.5 Å². The summed E-state index contributed by atoms with van der Waals surface area (Å²) < 4.78 is 26.9. The molecule has 0 aliphatic carbocycles. The Morgan fingerprint density at radius 2 is 1.78 bits per heavy atom. The van der Waals surface area contributed by atoms with Gasteiger partial charge in [0.2, 0.25) is 5.95 Å². The third-order valence-electron chi connectivity index (χ3n) is 4.82. The van der Waals surface area contributed by atoms with Gasteiger partial charge in [0.05, 0.1) is 11.6 Å². The van der Waals surface area contributed by atoms with E-state index in [-0.39, 0.29) is 17.4 Å². The molecule has 2 aromatic heterocycles. The van der Waals surface area contributed by atoms with Gasteiger partial charge in [-0.2, -0.15) is 4.39 Å². The maximum absolute atomic E-state index is 13.5. The third kappa shape index (κ3) is 2.81. The monoisotopic (exact) mass is 366 g/mol. The lowest BCUT2D eigenvalue weighted by molar-refractivity contribution is 0.430. The zero-order valence-corrected chi connectivity index (χ0v) is 14.4. The molecule has 0 radical (unpaired) electrons. The number of aromatic nitrogens is 2. The molecule has 0 bridgehead atoms. The van der Waals surface area contributed by atoms with Crippen LogP contribution in [0.2, 0.25) is 0 Å². The lowest BCUT2D eigenvalue weighted by Crippen LogP contribution is -2.48. The molecule has 3 aromatic rings. The summed E-state index contributed by atoms with van der Waals surface area (Å²) in [7, 11) is 0. The van der Waals surface area contributed by atoms with Crippen LogP contribution in [0.3, 0.4) is 0 Å². The van der Waals surface area contributed by atoms with E-state index in [1.165, 1.54) is 24.4 Å². The number of H-pyrrole nitrogens is 1. The average Bonchev–Trinajstić information content (AvgIpc) is 3.01. The van der Waals surface area contributed by atoms with Crippen LogP contribution in [0.1, 0.15) is 23.6 Å². The van der Waals surface area contributed by atoms with Crippen molar-refractivity contribution in [1.82, 2.24) is 15.3 Å². The minimum Gasteiger partial charge on any atom is -0.354 e. The molecule has 0 unspecified atom stereocenters. The van der Waals surface area contributed by atoms with Crippen molar-refractivity contribution in [3.63, 3.8) is 0 Å². The number of hydrogen-bond acceptors (Lipinski definition) is 4. The molecular weight excluding hydrogens is 350 g/mol. The van der Waals surface area contributed by atoms with Gasteiger partial charge in [-0.3, -0.25) is 9.79 Å². The highest BCUT2D eigenvalue weighted by atomic mass is 19.1. The van der Waals surface area contributed by atoms with Crippen LogP contribution in [-0.2, 0) is 5.54 Å². The molecule has 4 rings (SSSR count). The lowest BCUT2D eigenvalue weighted by atomic mass is 9.79. The first-order chi connectivity index (χ1) is 13.0. The van der Waals surface area contributed by atoms with Crippen LogP contribution in [-0.4, -0.2) is 21.8 Å². The van der Waals surface area contributed by atoms with Gasteiger partial charge >= 0.3 is 0 Å². The Kier molecular flexibility index (Phi) is 4.07. The van der Waals surface area contributed by atoms with E-state index in [1.807, 2.05) is 6.92 Å². The maximum Gasteiger partial charge on any atom is 0.258 e. The van der Waals surface area contributed by atoms with Crippen molar-refractivity contribution in [2.24, 2.45) is 4.99 Å². The zero-order chi connectivity index (χ0) is 19.0. The van der Waals surface area contributed by atoms with Crippen LogP contribution < -0.4 is 10.9 Å². The highest BCUT2D eigenvalue weighted by molar-refractivity contribution is 6.01. The minimum absolute atomic E-state index is 0.275. The Morgan fingerprint density at radius 3 is 2.44 bits per heavy atom. The molecule has 0 spiro atoms. The van der Waals surface area contributed by atoms with Gasteiger partial charge in [0, 0.05) is 18.0 Å². The largest absolute Gasteiger partial charge is 0.354 e. The Balaban J connectivity index is 1.88. The lowest BCUT2D eigenvalue weighted by Gasteiger charge is -2.34. The number of hydrogen-bond donors (Lipinski definition) is 2. The highest BCUT2D eigenvalue weighted by Gasteiger charge is 2.45. The van der Waals surface area contributed by atoms with Gasteiger partial charge in [0.25, 0.3) is 5.56 Å². The van der Waals surface area contributed by atoms with E-state index >= 15 is 0 Å². The molecule has 2 N–H and O–H groups in total. The first kappa shape index (κ1) is 17.1. The molecule has 0 saturated heterocycles. The summed E-state index contributed by atoms with van der Waals surface area (Å²) in [6, 6.07) is 11.9. The molecule has 136 valence electrons. The minimum atomic E-state index is -0.911. The van der Waals surface area contributed by atoms with E-state index in [0.29, 0.717) is 17.0 Å². The van der Waals surface area contributed by atoms with Crippen molar-refractivity contribution in [3.8, 4) is 0 Å². The van der Waals surface area contributed by atoms with E-state index in [9.17, 15) is 13.6 Å². The van der Waals surface area contributed by atoms with E-state index in [1.54, 1.807) is 36.5 Å². The standard InChI is InChI=1S/C20H16F2N4O/c1-12-20(13-4-7-15(21)8-5-13,14-6-9-17(22)24-11-14)26-18(25-12)16-3-2-10-23-19(16)27/h2-12H,1H3,(H,23,27)(H,25,26)/t12-,20-/m0/s1. The molecule has 27 heavy (non-hydrogen) atoms. The normalized spacial score (nSPS) is 21.6. The van der Waals surface area contributed by atoms with Crippen LogP contribution in [0.5, 0.6) is 0 Å². The number of benzene rings is 1. The molecule has 5 nitrogen and oxygen atoms in total. The molecule has 7 heteroatoms. The fourth-order valence-electron chi connectivity index (χ4n) is 3.47. The third-order valence-corrected chi connectivity index (χ3v) is 4.82. The van der Waals surface area contributed by atoms with Gasteiger partial charge in [0.15, 0.2) is 0 Å². The summed E-state index contributed by atoms with van der Waals surface area (Å²) in [5.41, 5.74) is 0.600. The molecule has 2 atom stereocenters. The number of aromatic amines is 1. The number of amidine groups is 1. The number of aliphatic imine (C=N–C) groups is 1. The zero-order valence-electron chi connectivity index (χ0n) is 14.4. The SMILES string of the molecule is C[C@@H]1N=C(c2ccc[nH]c2=O)N[C@@]1(c1ccc(F)cc1)c1ccc(F)nc1. The number of halogens is 2. The van der Waals surface area contributed by atoms with Crippen LogP contribution >= 0.6 is 0 Å². The van der Waals surface area contributed by atoms with Crippen molar-refractivity contribution >= 4 is 5.84 Å². The molecule has 1 aliphatic heterocycles. The number of rotatable bonds is 3. The quantitative estimate of drug-likeness (QED) is 0.701. The number of nitrogens with zero attached hydrogens (tertiary/aromatic N) is 2. The molecule has 1 aromatic carbocycles. The maximum atomic E-state index is 13.5. The van der Waals surface area contributed by atoms with Gasteiger partial charge in [-0.25, -0.2) is 9.37 Å². The predicted octanol–water partition coefficient (Wildman–Crippen LogP) is 2.73. The fraction of sp³-hybridized carbons (Fsp3) is 0.150. The second-order valence-corrected chi connectivity index (χ2v) is 6.38. The summed E-state index contributed by atoms with van der Waals surface area (Å²) in [6.45, 7) is 1.88. The highest BCUT2D eigenvalue weighted by Crippen LogP contribution is 2.38. The molecule has 1 aliphatic rings. The summed E-state index contributed by atoms with van der Waals surface area (Å²) in [5.74, 6) is -0.547.